The molecular formula is C16H33N3O. The van der Waals surface area contributed by atoms with Gasteiger partial charge >= 0.3 is 0 Å². The summed E-state index contributed by atoms with van der Waals surface area (Å²) in [5.74, 6) is 0.903. The number of likely N-dealkylation sites (N-methyl/N-ethyl adjacent to an activating group) is 1. The molecule has 0 aliphatic carbocycles. The Bertz CT molecular complexity index is 304. The molecule has 1 amide bonds. The molecule has 0 bridgehead atoms. The molecule has 3 atom stereocenters. The van der Waals surface area contributed by atoms with Gasteiger partial charge in [0.15, 0.2) is 0 Å². The second kappa shape index (κ2) is 7.99. The molecule has 118 valence electrons. The van der Waals surface area contributed by atoms with E-state index in [1.54, 1.807) is 0 Å². The predicted octanol–water partition coefficient (Wildman–Crippen LogP) is 2.30. The van der Waals surface area contributed by atoms with Crippen LogP contribution in [0.2, 0.25) is 0 Å². The molecule has 20 heavy (non-hydrogen) atoms. The Balaban J connectivity index is 2.71. The van der Waals surface area contributed by atoms with E-state index in [1.807, 2.05) is 0 Å². The van der Waals surface area contributed by atoms with Gasteiger partial charge in [-0.2, -0.15) is 0 Å². The quantitative estimate of drug-likeness (QED) is 0.742. The van der Waals surface area contributed by atoms with Crippen molar-refractivity contribution in [3.63, 3.8) is 0 Å². The maximum atomic E-state index is 12.6. The summed E-state index contributed by atoms with van der Waals surface area (Å²) < 4.78 is 0. The van der Waals surface area contributed by atoms with E-state index in [1.165, 1.54) is 0 Å². The third kappa shape index (κ3) is 4.74. The minimum Gasteiger partial charge on any atom is -0.324 e. The monoisotopic (exact) mass is 283 g/mol. The van der Waals surface area contributed by atoms with E-state index in [9.17, 15) is 4.79 Å². The summed E-state index contributed by atoms with van der Waals surface area (Å²) >= 11 is 0. The molecular weight excluding hydrogens is 250 g/mol. The molecule has 1 fully saturated rings. The second-order valence-electron chi connectivity index (χ2n) is 6.81. The number of carbonyl (C=O) groups excluding carboxylic acids is 1. The van der Waals surface area contributed by atoms with Gasteiger partial charge in [-0.1, -0.05) is 33.6 Å². The van der Waals surface area contributed by atoms with Crippen molar-refractivity contribution in [1.82, 2.24) is 15.1 Å². The summed E-state index contributed by atoms with van der Waals surface area (Å²) in [6, 6.07) is 0.424. The first-order valence-corrected chi connectivity index (χ1v) is 8.09. The Morgan fingerprint density at radius 1 is 1.30 bits per heavy atom. The van der Waals surface area contributed by atoms with Crippen LogP contribution in [0.25, 0.3) is 0 Å². The van der Waals surface area contributed by atoms with Gasteiger partial charge in [-0.3, -0.25) is 10.1 Å². The first kappa shape index (κ1) is 17.4. The Labute approximate surface area is 124 Å². The fourth-order valence-corrected chi connectivity index (χ4v) is 2.67. The zero-order valence-corrected chi connectivity index (χ0v) is 14.1. The lowest BCUT2D eigenvalue weighted by molar-refractivity contribution is -0.131. The number of hydrogen-bond donors (Lipinski definition) is 1. The van der Waals surface area contributed by atoms with Gasteiger partial charge in [0.1, 0.15) is 0 Å². The van der Waals surface area contributed by atoms with Crippen LogP contribution in [0.1, 0.15) is 53.4 Å². The van der Waals surface area contributed by atoms with Gasteiger partial charge in [0.25, 0.3) is 0 Å². The van der Waals surface area contributed by atoms with E-state index >= 15 is 0 Å². The molecule has 1 N–H and O–H groups in total. The fraction of sp³-hybridized carbons (Fsp3) is 0.938. The van der Waals surface area contributed by atoms with Crippen LogP contribution in [0.5, 0.6) is 0 Å². The Kier molecular flexibility index (Phi) is 6.96. The van der Waals surface area contributed by atoms with Gasteiger partial charge in [0, 0.05) is 12.6 Å². The van der Waals surface area contributed by atoms with Gasteiger partial charge in [-0.15, -0.1) is 0 Å². The zero-order valence-electron chi connectivity index (χ0n) is 14.1. The van der Waals surface area contributed by atoms with E-state index in [2.05, 4.69) is 56.9 Å². The fourth-order valence-electron chi connectivity index (χ4n) is 2.67. The zero-order chi connectivity index (χ0) is 15.3. The van der Waals surface area contributed by atoms with Crippen LogP contribution in [0, 0.1) is 5.92 Å². The number of nitrogens with one attached hydrogen (secondary N) is 1. The van der Waals surface area contributed by atoms with Crippen molar-refractivity contribution < 1.29 is 4.79 Å². The third-order valence-corrected chi connectivity index (χ3v) is 4.23. The van der Waals surface area contributed by atoms with Crippen LogP contribution in [0.3, 0.4) is 0 Å². The maximum Gasteiger partial charge on any atom is 0.241 e. The molecule has 1 rings (SSSR count). The van der Waals surface area contributed by atoms with Crippen molar-refractivity contribution in [3.05, 3.63) is 0 Å². The smallest absolute Gasteiger partial charge is 0.241 e. The lowest BCUT2D eigenvalue weighted by atomic mass is 10.1. The second-order valence-corrected chi connectivity index (χ2v) is 6.81. The minimum absolute atomic E-state index is 0.0352. The van der Waals surface area contributed by atoms with Gasteiger partial charge in [0.2, 0.25) is 5.91 Å². The summed E-state index contributed by atoms with van der Waals surface area (Å²) in [5.41, 5.74) is 0. The van der Waals surface area contributed by atoms with Crippen LogP contribution < -0.4 is 5.32 Å². The average Bonchev–Trinajstić information content (AvgIpc) is 2.63. The molecule has 1 aliphatic heterocycles. The number of rotatable bonds is 8. The summed E-state index contributed by atoms with van der Waals surface area (Å²) in [7, 11) is 4.15. The van der Waals surface area contributed by atoms with Crippen LogP contribution in [0.4, 0.5) is 0 Å². The largest absolute Gasteiger partial charge is 0.324 e. The SMILES string of the molecule is CCCCC1NC(CC(C)C)N(CC(C)N(C)C)C1=O. The molecule has 1 aliphatic rings. The van der Waals surface area contributed by atoms with Gasteiger partial charge in [-0.25, -0.2) is 0 Å². The summed E-state index contributed by atoms with van der Waals surface area (Å²) in [6.07, 6.45) is 4.49. The summed E-state index contributed by atoms with van der Waals surface area (Å²) in [5, 5.41) is 3.56. The number of nitrogens with zero attached hydrogens (tertiary/aromatic N) is 2. The lowest BCUT2D eigenvalue weighted by Gasteiger charge is -2.30. The Morgan fingerprint density at radius 3 is 2.45 bits per heavy atom. The Morgan fingerprint density at radius 2 is 1.95 bits per heavy atom. The molecule has 0 aromatic carbocycles. The average molecular weight is 283 g/mol. The third-order valence-electron chi connectivity index (χ3n) is 4.23. The highest BCUT2D eigenvalue weighted by Crippen LogP contribution is 2.21. The molecule has 0 aromatic rings. The van der Waals surface area contributed by atoms with Crippen LogP contribution in [0.15, 0.2) is 0 Å². The topological polar surface area (TPSA) is 35.6 Å². The van der Waals surface area contributed by atoms with Gasteiger partial charge in [-0.05, 0) is 39.8 Å². The number of amides is 1. The van der Waals surface area contributed by atoms with E-state index < -0.39 is 0 Å². The van der Waals surface area contributed by atoms with Crippen LogP contribution in [-0.2, 0) is 4.79 Å². The molecule has 4 nitrogen and oxygen atoms in total. The van der Waals surface area contributed by atoms with E-state index in [-0.39, 0.29) is 12.2 Å². The molecule has 0 saturated carbocycles. The normalized spacial score (nSPS) is 25.0. The maximum absolute atomic E-state index is 12.6. The first-order chi connectivity index (χ1) is 9.36. The first-order valence-electron chi connectivity index (χ1n) is 8.09. The van der Waals surface area contributed by atoms with Crippen LogP contribution >= 0.6 is 0 Å². The number of carbonyl (C=O) groups is 1. The molecule has 3 unspecified atom stereocenters. The molecule has 0 radical (unpaired) electrons. The van der Waals surface area contributed by atoms with Gasteiger partial charge in [0.05, 0.1) is 12.2 Å². The molecule has 0 aromatic heterocycles. The van der Waals surface area contributed by atoms with Crippen molar-refractivity contribution >= 4 is 5.91 Å². The van der Waals surface area contributed by atoms with Crippen molar-refractivity contribution in [2.45, 2.75) is 71.6 Å². The van der Waals surface area contributed by atoms with Crippen molar-refractivity contribution in [1.29, 1.82) is 0 Å². The highest BCUT2D eigenvalue weighted by molar-refractivity contribution is 5.84. The highest BCUT2D eigenvalue weighted by Gasteiger charge is 2.38. The van der Waals surface area contributed by atoms with E-state index in [0.717, 1.165) is 32.2 Å². The number of unbranched alkanes of at least 4 members (excludes halogenated alkanes) is 1. The number of hydrogen-bond acceptors (Lipinski definition) is 3. The minimum atomic E-state index is 0.0352. The van der Waals surface area contributed by atoms with Crippen LogP contribution in [-0.4, -0.2) is 54.6 Å². The lowest BCUT2D eigenvalue weighted by Crippen LogP contribution is -2.45. The van der Waals surface area contributed by atoms with Crippen molar-refractivity contribution in [2.75, 3.05) is 20.6 Å². The van der Waals surface area contributed by atoms with Crippen molar-refractivity contribution in [3.8, 4) is 0 Å². The predicted molar refractivity (Wildman–Crippen MR) is 84.6 cm³/mol. The molecule has 4 heteroatoms. The summed E-state index contributed by atoms with van der Waals surface area (Å²) in [4.78, 5) is 16.9. The van der Waals surface area contributed by atoms with E-state index in [4.69, 9.17) is 0 Å². The summed E-state index contributed by atoms with van der Waals surface area (Å²) in [6.45, 7) is 9.62. The molecule has 1 heterocycles. The van der Waals surface area contributed by atoms with E-state index in [0.29, 0.717) is 17.9 Å². The van der Waals surface area contributed by atoms with Crippen molar-refractivity contribution in [2.24, 2.45) is 5.92 Å². The highest BCUT2D eigenvalue weighted by atomic mass is 16.2. The standard InChI is InChI=1S/C16H33N3O/c1-7-8-9-14-16(20)19(11-13(4)18(5)6)15(17-14)10-12(2)3/h12-15,17H,7-11H2,1-6H3. The Hall–Kier alpha value is -0.610. The van der Waals surface area contributed by atoms with Gasteiger partial charge < -0.3 is 9.80 Å². The molecule has 0 spiro atoms. The molecule has 1 saturated heterocycles.